The number of nitrogens with zero attached hydrogens (tertiary/aromatic N) is 2. The summed E-state index contributed by atoms with van der Waals surface area (Å²) in [6, 6.07) is 15.5. The van der Waals surface area contributed by atoms with Crippen LogP contribution in [0.15, 0.2) is 48.5 Å². The number of likely N-dealkylation sites (tertiary alicyclic amines) is 1. The highest BCUT2D eigenvalue weighted by Crippen LogP contribution is 2.25. The summed E-state index contributed by atoms with van der Waals surface area (Å²) in [6.07, 6.45) is 4.53. The number of hydrogen-bond acceptors (Lipinski definition) is 1. The number of aromatic nitrogens is 1. The Bertz CT molecular complexity index is 644. The van der Waals surface area contributed by atoms with E-state index in [2.05, 4.69) is 23.1 Å². The fourth-order valence-corrected chi connectivity index (χ4v) is 2.78. The first-order chi connectivity index (χ1) is 10.3. The van der Waals surface area contributed by atoms with Crippen LogP contribution in [0.25, 0.3) is 11.8 Å². The maximum absolute atomic E-state index is 13.7. The summed E-state index contributed by atoms with van der Waals surface area (Å²) in [5.74, 6) is -0.224. The molecule has 0 aliphatic carbocycles. The van der Waals surface area contributed by atoms with E-state index in [0.29, 0.717) is 0 Å². The van der Waals surface area contributed by atoms with Gasteiger partial charge in [-0.15, -0.1) is 4.39 Å². The monoisotopic (exact) mass is 283 g/mol. The number of pyridine rings is 1. The molecule has 2 heterocycles. The second kappa shape index (κ2) is 6.08. The smallest absolute Gasteiger partial charge is 0.359 e. The molecule has 0 atom stereocenters. The molecule has 0 amide bonds. The summed E-state index contributed by atoms with van der Waals surface area (Å²) in [5, 5.41) is 0. The van der Waals surface area contributed by atoms with Crippen molar-refractivity contribution >= 4 is 11.8 Å². The fourth-order valence-electron chi connectivity index (χ4n) is 2.78. The Labute approximate surface area is 125 Å². The van der Waals surface area contributed by atoms with Gasteiger partial charge in [-0.3, -0.25) is 0 Å². The third-order valence-corrected chi connectivity index (χ3v) is 4.01. The lowest BCUT2D eigenvalue weighted by Gasteiger charge is -2.21. The summed E-state index contributed by atoms with van der Waals surface area (Å²) in [4.78, 5) is 2.39. The van der Waals surface area contributed by atoms with Gasteiger partial charge in [0, 0.05) is 31.3 Å². The van der Waals surface area contributed by atoms with Gasteiger partial charge in [0.15, 0.2) is 0 Å². The Morgan fingerprint density at radius 3 is 2.48 bits per heavy atom. The van der Waals surface area contributed by atoms with Gasteiger partial charge >= 0.3 is 5.95 Å². The Morgan fingerprint density at radius 1 is 1.05 bits per heavy atom. The number of halogens is 1. The molecular weight excluding hydrogens is 263 g/mol. The zero-order chi connectivity index (χ0) is 14.7. The Morgan fingerprint density at radius 2 is 1.76 bits per heavy atom. The molecule has 108 valence electrons. The molecule has 1 aromatic heterocycles. The van der Waals surface area contributed by atoms with Crippen LogP contribution in [0.2, 0.25) is 0 Å². The largest absolute Gasteiger partial charge is 0.371 e. The van der Waals surface area contributed by atoms with E-state index in [1.54, 1.807) is 17.7 Å². The maximum Gasteiger partial charge on any atom is 0.359 e. The summed E-state index contributed by atoms with van der Waals surface area (Å²) in [7, 11) is 1.76. The van der Waals surface area contributed by atoms with Crippen LogP contribution in [0.3, 0.4) is 0 Å². The first-order valence-electron chi connectivity index (χ1n) is 7.42. The number of benzene rings is 1. The molecule has 2 aromatic rings. The van der Waals surface area contributed by atoms with Crippen LogP contribution in [0.1, 0.15) is 24.1 Å². The Hall–Kier alpha value is -2.16. The van der Waals surface area contributed by atoms with Gasteiger partial charge in [-0.2, -0.15) is 4.57 Å². The molecule has 1 saturated heterocycles. The van der Waals surface area contributed by atoms with E-state index in [-0.39, 0.29) is 5.95 Å². The molecule has 0 bridgehead atoms. The maximum atomic E-state index is 13.7. The van der Waals surface area contributed by atoms with E-state index < -0.39 is 0 Å². The van der Waals surface area contributed by atoms with Crippen molar-refractivity contribution in [1.82, 2.24) is 4.90 Å². The van der Waals surface area contributed by atoms with E-state index in [0.717, 1.165) is 18.8 Å². The molecule has 3 rings (SSSR count). The number of rotatable bonds is 3. The molecule has 0 saturated carbocycles. The van der Waals surface area contributed by atoms with Gasteiger partial charge < -0.3 is 4.90 Å². The summed E-state index contributed by atoms with van der Waals surface area (Å²) >= 11 is 0. The highest BCUT2D eigenvalue weighted by Gasteiger charge is 2.18. The van der Waals surface area contributed by atoms with E-state index >= 15 is 0 Å². The first-order valence-corrected chi connectivity index (χ1v) is 7.42. The van der Waals surface area contributed by atoms with Gasteiger partial charge in [-0.1, -0.05) is 30.3 Å². The molecule has 21 heavy (non-hydrogen) atoms. The van der Waals surface area contributed by atoms with Crippen LogP contribution < -0.4 is 4.57 Å². The average Bonchev–Trinajstić information content (AvgIpc) is 3.04. The molecule has 1 aliphatic rings. The SMILES string of the molecule is C[n+]1c(F)cccc1/C=C(/c1ccccc1)N1CCCC1. The van der Waals surface area contributed by atoms with Gasteiger partial charge in [0.05, 0.1) is 5.70 Å². The topological polar surface area (TPSA) is 7.12 Å². The molecule has 1 aromatic carbocycles. The van der Waals surface area contributed by atoms with E-state index in [1.807, 2.05) is 24.3 Å². The Kier molecular flexibility index (Phi) is 4.00. The minimum absolute atomic E-state index is 0.224. The summed E-state index contributed by atoms with van der Waals surface area (Å²) in [6.45, 7) is 2.14. The lowest BCUT2D eigenvalue weighted by molar-refractivity contribution is -0.701. The Balaban J connectivity index is 2.06. The van der Waals surface area contributed by atoms with Crippen LogP contribution in [-0.2, 0) is 7.05 Å². The van der Waals surface area contributed by atoms with Gasteiger partial charge in [-0.05, 0) is 24.5 Å². The highest BCUT2D eigenvalue weighted by molar-refractivity contribution is 5.78. The van der Waals surface area contributed by atoms with Crippen molar-refractivity contribution in [2.24, 2.45) is 7.05 Å². The average molecular weight is 283 g/mol. The molecule has 0 radical (unpaired) electrons. The van der Waals surface area contributed by atoms with E-state index in [1.165, 1.54) is 30.2 Å². The number of hydrogen-bond donors (Lipinski definition) is 0. The minimum atomic E-state index is -0.224. The van der Waals surface area contributed by atoms with E-state index in [4.69, 9.17) is 0 Å². The molecule has 1 fully saturated rings. The van der Waals surface area contributed by atoms with Crippen LogP contribution in [0.4, 0.5) is 4.39 Å². The van der Waals surface area contributed by atoms with Crippen molar-refractivity contribution in [1.29, 1.82) is 0 Å². The third kappa shape index (κ3) is 2.97. The van der Waals surface area contributed by atoms with Gasteiger partial charge in [0.25, 0.3) is 0 Å². The molecule has 3 heteroatoms. The second-order valence-electron chi connectivity index (χ2n) is 5.42. The van der Waals surface area contributed by atoms with E-state index in [9.17, 15) is 4.39 Å². The zero-order valence-corrected chi connectivity index (χ0v) is 12.3. The lowest BCUT2D eigenvalue weighted by atomic mass is 10.1. The van der Waals surface area contributed by atoms with Crippen LogP contribution in [0, 0.1) is 5.95 Å². The lowest BCUT2D eigenvalue weighted by Crippen LogP contribution is -2.36. The van der Waals surface area contributed by atoms with Crippen molar-refractivity contribution in [2.75, 3.05) is 13.1 Å². The van der Waals surface area contributed by atoms with Gasteiger partial charge in [-0.25, -0.2) is 0 Å². The molecule has 0 unspecified atom stereocenters. The predicted octanol–water partition coefficient (Wildman–Crippen LogP) is 3.24. The van der Waals surface area contributed by atoms with Crippen molar-refractivity contribution in [2.45, 2.75) is 12.8 Å². The quantitative estimate of drug-likeness (QED) is 0.619. The van der Waals surface area contributed by atoms with Crippen LogP contribution in [0.5, 0.6) is 0 Å². The van der Waals surface area contributed by atoms with Crippen molar-refractivity contribution in [3.8, 4) is 0 Å². The minimum Gasteiger partial charge on any atom is -0.371 e. The third-order valence-electron chi connectivity index (χ3n) is 4.01. The molecule has 1 aliphatic heterocycles. The first kappa shape index (κ1) is 13.8. The van der Waals surface area contributed by atoms with Crippen molar-refractivity contribution in [3.63, 3.8) is 0 Å². The summed E-state index contributed by atoms with van der Waals surface area (Å²) in [5.41, 5.74) is 3.23. The van der Waals surface area contributed by atoms with Crippen LogP contribution >= 0.6 is 0 Å². The second-order valence-corrected chi connectivity index (χ2v) is 5.42. The zero-order valence-electron chi connectivity index (χ0n) is 12.3. The molecular formula is C18H20FN2+. The van der Waals surface area contributed by atoms with Crippen molar-refractivity contribution < 1.29 is 8.96 Å². The highest BCUT2D eigenvalue weighted by atomic mass is 19.1. The normalized spacial score (nSPS) is 15.5. The van der Waals surface area contributed by atoms with Gasteiger partial charge in [0.1, 0.15) is 7.05 Å². The molecule has 0 N–H and O–H groups in total. The fraction of sp³-hybridized carbons (Fsp3) is 0.278. The van der Waals surface area contributed by atoms with Crippen LogP contribution in [-0.4, -0.2) is 18.0 Å². The predicted molar refractivity (Wildman–Crippen MR) is 82.7 cm³/mol. The molecule has 0 spiro atoms. The van der Waals surface area contributed by atoms with Crippen molar-refractivity contribution in [3.05, 3.63) is 65.7 Å². The van der Waals surface area contributed by atoms with Gasteiger partial charge in [0.2, 0.25) is 5.69 Å². The molecule has 2 nitrogen and oxygen atoms in total. The summed E-state index contributed by atoms with van der Waals surface area (Å²) < 4.78 is 15.3. The standard InChI is InChI=1S/C18H20FN2/c1-20-16(10-7-11-18(20)19)14-17(21-12-5-6-13-21)15-8-3-2-4-9-15/h2-4,7-11,14H,5-6,12-13H2,1H3/q+1.